The van der Waals surface area contributed by atoms with Gasteiger partial charge in [-0.15, -0.1) is 0 Å². The van der Waals surface area contributed by atoms with Gasteiger partial charge in [-0.25, -0.2) is 0 Å². The van der Waals surface area contributed by atoms with Crippen LogP contribution in [0.15, 0.2) is 48.5 Å². The number of aromatic hydroxyl groups is 1. The van der Waals surface area contributed by atoms with Crippen LogP contribution in [0.2, 0.25) is 0 Å². The molecule has 23 heavy (non-hydrogen) atoms. The summed E-state index contributed by atoms with van der Waals surface area (Å²) in [6, 6.07) is 14.3. The standard InChI is InChI=1S/C18H21NO4/c1-14-7-9-15(10-8-14)22-12-11-19(2)18(21)13-23-17-6-4-3-5-16(17)20/h3-10,20H,11-13H2,1-2H3. The Labute approximate surface area is 136 Å². The zero-order valence-corrected chi connectivity index (χ0v) is 13.4. The highest BCUT2D eigenvalue weighted by atomic mass is 16.5. The van der Waals surface area contributed by atoms with Gasteiger partial charge in [0.1, 0.15) is 12.4 Å². The van der Waals surface area contributed by atoms with Crippen molar-refractivity contribution in [1.29, 1.82) is 0 Å². The van der Waals surface area contributed by atoms with Crippen molar-refractivity contribution in [3.05, 3.63) is 54.1 Å². The number of carbonyl (C=O) groups excluding carboxylic acids is 1. The normalized spacial score (nSPS) is 10.2. The quantitative estimate of drug-likeness (QED) is 0.853. The number of nitrogens with zero attached hydrogens (tertiary/aromatic N) is 1. The maximum absolute atomic E-state index is 12.0. The van der Waals surface area contributed by atoms with E-state index < -0.39 is 0 Å². The molecule has 122 valence electrons. The zero-order valence-electron chi connectivity index (χ0n) is 13.4. The fourth-order valence-corrected chi connectivity index (χ4v) is 1.89. The van der Waals surface area contributed by atoms with E-state index in [4.69, 9.17) is 9.47 Å². The summed E-state index contributed by atoms with van der Waals surface area (Å²) in [6.45, 7) is 2.75. The Morgan fingerprint density at radius 1 is 1.09 bits per heavy atom. The molecule has 2 aromatic rings. The Kier molecular flexibility index (Phi) is 5.86. The van der Waals surface area contributed by atoms with Gasteiger partial charge in [0, 0.05) is 7.05 Å². The summed E-state index contributed by atoms with van der Waals surface area (Å²) >= 11 is 0. The van der Waals surface area contributed by atoms with Crippen LogP contribution in [-0.2, 0) is 4.79 Å². The van der Waals surface area contributed by atoms with Crippen LogP contribution in [0.4, 0.5) is 0 Å². The summed E-state index contributed by atoms with van der Waals surface area (Å²) in [4.78, 5) is 13.5. The average Bonchev–Trinajstić information content (AvgIpc) is 2.55. The van der Waals surface area contributed by atoms with Crippen molar-refractivity contribution in [2.75, 3.05) is 26.8 Å². The first kappa shape index (κ1) is 16.7. The molecule has 0 heterocycles. The van der Waals surface area contributed by atoms with E-state index in [-0.39, 0.29) is 18.3 Å². The molecular weight excluding hydrogens is 294 g/mol. The summed E-state index contributed by atoms with van der Waals surface area (Å²) in [5.41, 5.74) is 1.17. The monoisotopic (exact) mass is 315 g/mol. The van der Waals surface area contributed by atoms with Gasteiger partial charge in [0.2, 0.25) is 0 Å². The molecular formula is C18H21NO4. The van der Waals surface area contributed by atoms with Crippen molar-refractivity contribution in [2.24, 2.45) is 0 Å². The second-order valence-electron chi connectivity index (χ2n) is 5.23. The molecule has 0 radical (unpaired) electrons. The molecule has 1 N–H and O–H groups in total. The van der Waals surface area contributed by atoms with Gasteiger partial charge < -0.3 is 19.5 Å². The molecule has 0 aliphatic rings. The van der Waals surface area contributed by atoms with E-state index in [2.05, 4.69) is 0 Å². The number of benzene rings is 2. The second kappa shape index (κ2) is 8.08. The number of ether oxygens (including phenoxy) is 2. The fourth-order valence-electron chi connectivity index (χ4n) is 1.89. The van der Waals surface area contributed by atoms with Crippen LogP contribution in [0.25, 0.3) is 0 Å². The van der Waals surface area contributed by atoms with Crippen molar-refractivity contribution in [1.82, 2.24) is 4.90 Å². The van der Waals surface area contributed by atoms with E-state index in [0.717, 1.165) is 5.75 Å². The van der Waals surface area contributed by atoms with Crippen molar-refractivity contribution in [2.45, 2.75) is 6.92 Å². The summed E-state index contributed by atoms with van der Waals surface area (Å²) < 4.78 is 10.9. The summed E-state index contributed by atoms with van der Waals surface area (Å²) in [6.07, 6.45) is 0. The first-order valence-electron chi connectivity index (χ1n) is 7.40. The largest absolute Gasteiger partial charge is 0.504 e. The third kappa shape index (κ3) is 5.21. The fraction of sp³-hybridized carbons (Fsp3) is 0.278. The van der Waals surface area contributed by atoms with Crippen LogP contribution >= 0.6 is 0 Å². The molecule has 5 heteroatoms. The highest BCUT2D eigenvalue weighted by Gasteiger charge is 2.11. The van der Waals surface area contributed by atoms with Crippen molar-refractivity contribution in [3.8, 4) is 17.2 Å². The third-order valence-electron chi connectivity index (χ3n) is 3.36. The predicted molar refractivity (Wildman–Crippen MR) is 87.9 cm³/mol. The Balaban J connectivity index is 1.72. The van der Waals surface area contributed by atoms with E-state index in [1.54, 1.807) is 25.2 Å². The molecule has 2 rings (SSSR count). The number of carbonyl (C=O) groups is 1. The van der Waals surface area contributed by atoms with Crippen LogP contribution in [0, 0.1) is 6.92 Å². The molecule has 1 amide bonds. The van der Waals surface area contributed by atoms with Gasteiger partial charge in [-0.1, -0.05) is 29.8 Å². The lowest BCUT2D eigenvalue weighted by molar-refractivity contribution is -0.132. The smallest absolute Gasteiger partial charge is 0.260 e. The maximum Gasteiger partial charge on any atom is 0.260 e. The Bertz CT molecular complexity index is 640. The molecule has 0 bridgehead atoms. The third-order valence-corrected chi connectivity index (χ3v) is 3.36. The van der Waals surface area contributed by atoms with E-state index in [9.17, 15) is 9.90 Å². The van der Waals surface area contributed by atoms with Gasteiger partial charge in [0.15, 0.2) is 18.1 Å². The minimum absolute atomic E-state index is 0.0191. The molecule has 5 nitrogen and oxygen atoms in total. The Morgan fingerprint density at radius 2 is 1.78 bits per heavy atom. The number of amides is 1. The Morgan fingerprint density at radius 3 is 2.48 bits per heavy atom. The molecule has 0 fully saturated rings. The molecule has 0 aliphatic carbocycles. The summed E-state index contributed by atoms with van der Waals surface area (Å²) in [5.74, 6) is 0.915. The molecule has 0 spiro atoms. The molecule has 0 saturated carbocycles. The number of aryl methyl sites for hydroxylation is 1. The van der Waals surface area contributed by atoms with Crippen LogP contribution in [-0.4, -0.2) is 42.7 Å². The topological polar surface area (TPSA) is 59.0 Å². The highest BCUT2D eigenvalue weighted by molar-refractivity contribution is 5.77. The molecule has 0 aromatic heterocycles. The van der Waals surface area contributed by atoms with Crippen LogP contribution in [0.1, 0.15) is 5.56 Å². The van der Waals surface area contributed by atoms with Gasteiger partial charge in [0.25, 0.3) is 5.91 Å². The lowest BCUT2D eigenvalue weighted by Gasteiger charge is -2.18. The maximum atomic E-state index is 12.0. The average molecular weight is 315 g/mol. The van der Waals surface area contributed by atoms with Crippen LogP contribution < -0.4 is 9.47 Å². The highest BCUT2D eigenvalue weighted by Crippen LogP contribution is 2.24. The summed E-state index contributed by atoms with van der Waals surface area (Å²) in [7, 11) is 1.69. The molecule has 0 unspecified atom stereocenters. The van der Waals surface area contributed by atoms with E-state index in [1.807, 2.05) is 31.2 Å². The number of para-hydroxylation sites is 2. The van der Waals surface area contributed by atoms with E-state index >= 15 is 0 Å². The Hall–Kier alpha value is -2.69. The summed E-state index contributed by atoms with van der Waals surface area (Å²) in [5, 5.41) is 9.58. The van der Waals surface area contributed by atoms with Crippen molar-refractivity contribution in [3.63, 3.8) is 0 Å². The number of hydrogen-bond donors (Lipinski definition) is 1. The van der Waals surface area contributed by atoms with Crippen molar-refractivity contribution >= 4 is 5.91 Å². The second-order valence-corrected chi connectivity index (χ2v) is 5.23. The number of phenolic OH excluding ortho intramolecular Hbond substituents is 1. The molecule has 0 atom stereocenters. The van der Waals surface area contributed by atoms with Gasteiger partial charge in [-0.2, -0.15) is 0 Å². The van der Waals surface area contributed by atoms with Crippen LogP contribution in [0.5, 0.6) is 17.2 Å². The molecule has 0 saturated heterocycles. The van der Waals surface area contributed by atoms with E-state index in [0.29, 0.717) is 18.9 Å². The van der Waals surface area contributed by atoms with Gasteiger partial charge in [0.05, 0.1) is 6.54 Å². The molecule has 2 aromatic carbocycles. The van der Waals surface area contributed by atoms with Gasteiger partial charge in [-0.05, 0) is 31.2 Å². The SMILES string of the molecule is Cc1ccc(OCCN(C)C(=O)COc2ccccc2O)cc1. The minimum atomic E-state index is -0.180. The van der Waals surface area contributed by atoms with Crippen molar-refractivity contribution < 1.29 is 19.4 Å². The first-order valence-corrected chi connectivity index (χ1v) is 7.40. The van der Waals surface area contributed by atoms with Crippen LogP contribution in [0.3, 0.4) is 0 Å². The van der Waals surface area contributed by atoms with E-state index in [1.165, 1.54) is 16.5 Å². The zero-order chi connectivity index (χ0) is 16.7. The minimum Gasteiger partial charge on any atom is -0.504 e. The number of rotatable bonds is 7. The number of likely N-dealkylation sites (N-methyl/N-ethyl adjacent to an activating group) is 1. The van der Waals surface area contributed by atoms with Gasteiger partial charge >= 0.3 is 0 Å². The predicted octanol–water partition coefficient (Wildman–Crippen LogP) is 2.62. The molecule has 0 aliphatic heterocycles. The number of hydrogen-bond acceptors (Lipinski definition) is 4. The number of phenols is 1. The lowest BCUT2D eigenvalue weighted by atomic mass is 10.2. The first-order chi connectivity index (χ1) is 11.1. The van der Waals surface area contributed by atoms with Gasteiger partial charge in [-0.3, -0.25) is 4.79 Å². The lowest BCUT2D eigenvalue weighted by Crippen LogP contribution is -2.34.